The Morgan fingerprint density at radius 2 is 2.04 bits per heavy atom. The van der Waals surface area contributed by atoms with E-state index in [4.69, 9.17) is 11.6 Å². The third-order valence-corrected chi connectivity index (χ3v) is 5.86. The Labute approximate surface area is 164 Å². The molecule has 1 atom stereocenters. The molecule has 0 fully saturated rings. The zero-order valence-corrected chi connectivity index (χ0v) is 16.4. The number of rotatable bonds is 4. The lowest BCUT2D eigenvalue weighted by molar-refractivity contribution is -0.132. The van der Waals surface area contributed by atoms with Gasteiger partial charge in [-0.05, 0) is 42.2 Å². The summed E-state index contributed by atoms with van der Waals surface area (Å²) in [5.41, 5.74) is 2.39. The summed E-state index contributed by atoms with van der Waals surface area (Å²) in [6.45, 7) is 5.39. The fourth-order valence-corrected chi connectivity index (χ4v) is 4.18. The molecule has 1 aliphatic heterocycles. The van der Waals surface area contributed by atoms with Crippen LogP contribution in [-0.4, -0.2) is 37.5 Å². The largest absolute Gasteiger partial charge is 0.333 e. The minimum atomic E-state index is -0.0246. The van der Waals surface area contributed by atoms with E-state index in [-0.39, 0.29) is 17.8 Å². The van der Waals surface area contributed by atoms with Gasteiger partial charge in [0.1, 0.15) is 17.5 Å². The van der Waals surface area contributed by atoms with E-state index in [1.54, 1.807) is 0 Å². The summed E-state index contributed by atoms with van der Waals surface area (Å²) >= 11 is 5.95. The fraction of sp³-hybridized carbons (Fsp3) is 0.381. The van der Waals surface area contributed by atoms with Crippen molar-refractivity contribution in [1.82, 2.24) is 19.7 Å². The highest BCUT2D eigenvalue weighted by Crippen LogP contribution is 2.26. The van der Waals surface area contributed by atoms with Gasteiger partial charge in [-0.2, -0.15) is 0 Å². The van der Waals surface area contributed by atoms with Crippen LogP contribution >= 0.6 is 11.6 Å². The van der Waals surface area contributed by atoms with Crippen molar-refractivity contribution in [2.75, 3.05) is 5.88 Å². The molecule has 4 rings (SSSR count). The van der Waals surface area contributed by atoms with E-state index in [9.17, 15) is 4.79 Å². The van der Waals surface area contributed by atoms with Crippen molar-refractivity contribution in [3.63, 3.8) is 0 Å². The Balaban J connectivity index is 1.65. The van der Waals surface area contributed by atoms with Crippen molar-refractivity contribution in [3.8, 4) is 0 Å². The third kappa shape index (κ3) is 3.32. The molecule has 6 heteroatoms. The maximum Gasteiger partial charge on any atom is 0.238 e. The number of amides is 1. The standard InChI is InChI=1S/C21H23ClN4O/c1-14-17(8-7-16-5-3-4-6-19(14)16)12-26(21(27)11-22)18-9-10-20-24-23-15(2)25(20)13-18/h3-8,18H,9-13H2,1-2H3. The Morgan fingerprint density at radius 1 is 1.22 bits per heavy atom. The number of benzene rings is 2. The second kappa shape index (κ2) is 7.31. The topological polar surface area (TPSA) is 51.0 Å². The maximum absolute atomic E-state index is 12.7. The summed E-state index contributed by atoms with van der Waals surface area (Å²) in [4.78, 5) is 14.6. The van der Waals surface area contributed by atoms with Crippen LogP contribution in [0.5, 0.6) is 0 Å². The third-order valence-electron chi connectivity index (χ3n) is 5.63. The lowest BCUT2D eigenvalue weighted by atomic mass is 9.98. The summed E-state index contributed by atoms with van der Waals surface area (Å²) in [5, 5.41) is 10.9. The molecule has 0 spiro atoms. The molecule has 0 saturated carbocycles. The molecule has 0 bridgehead atoms. The van der Waals surface area contributed by atoms with Crippen LogP contribution in [0.2, 0.25) is 0 Å². The average Bonchev–Trinajstić information content (AvgIpc) is 3.07. The average molecular weight is 383 g/mol. The first-order chi connectivity index (χ1) is 13.1. The van der Waals surface area contributed by atoms with E-state index in [0.29, 0.717) is 6.54 Å². The number of carbonyl (C=O) groups is 1. The van der Waals surface area contributed by atoms with E-state index in [0.717, 1.165) is 31.0 Å². The Hall–Kier alpha value is -2.40. The summed E-state index contributed by atoms with van der Waals surface area (Å²) in [6.07, 6.45) is 1.71. The van der Waals surface area contributed by atoms with Gasteiger partial charge in [0.15, 0.2) is 0 Å². The van der Waals surface area contributed by atoms with Gasteiger partial charge in [-0.15, -0.1) is 21.8 Å². The quantitative estimate of drug-likeness (QED) is 0.647. The molecule has 2 heterocycles. The van der Waals surface area contributed by atoms with Gasteiger partial charge >= 0.3 is 0 Å². The molecule has 3 aromatic rings. The lowest BCUT2D eigenvalue weighted by Crippen LogP contribution is -2.45. The first kappa shape index (κ1) is 18.0. The summed E-state index contributed by atoms with van der Waals surface area (Å²) in [5.74, 6) is 1.87. The van der Waals surface area contributed by atoms with Crippen LogP contribution in [0.25, 0.3) is 10.8 Å². The van der Waals surface area contributed by atoms with Gasteiger partial charge < -0.3 is 9.47 Å². The van der Waals surface area contributed by atoms with Gasteiger partial charge in [-0.1, -0.05) is 36.4 Å². The number of carbonyl (C=O) groups excluding carboxylic acids is 1. The van der Waals surface area contributed by atoms with Crippen LogP contribution in [0.15, 0.2) is 36.4 Å². The molecule has 140 valence electrons. The first-order valence-electron chi connectivity index (χ1n) is 9.30. The Morgan fingerprint density at radius 3 is 2.85 bits per heavy atom. The second-order valence-electron chi connectivity index (χ2n) is 7.19. The molecule has 1 amide bonds. The van der Waals surface area contributed by atoms with Crippen LogP contribution < -0.4 is 0 Å². The second-order valence-corrected chi connectivity index (χ2v) is 7.46. The molecule has 0 aliphatic carbocycles. The van der Waals surface area contributed by atoms with Crippen molar-refractivity contribution in [3.05, 3.63) is 59.2 Å². The molecule has 5 nitrogen and oxygen atoms in total. The molecule has 0 N–H and O–H groups in total. The minimum Gasteiger partial charge on any atom is -0.333 e. The number of alkyl halides is 1. The van der Waals surface area contributed by atoms with E-state index >= 15 is 0 Å². The summed E-state index contributed by atoms with van der Waals surface area (Å²) in [6, 6.07) is 12.7. The maximum atomic E-state index is 12.7. The predicted molar refractivity (Wildman–Crippen MR) is 107 cm³/mol. The van der Waals surface area contributed by atoms with Crippen molar-refractivity contribution >= 4 is 28.3 Å². The number of hydrogen-bond acceptors (Lipinski definition) is 3. The molecule has 1 unspecified atom stereocenters. The SMILES string of the molecule is Cc1c(CN(C(=O)CCl)C2CCc3nnc(C)n3C2)ccc2ccccc12. The predicted octanol–water partition coefficient (Wildman–Crippen LogP) is 3.63. The lowest BCUT2D eigenvalue weighted by Gasteiger charge is -2.35. The highest BCUT2D eigenvalue weighted by Gasteiger charge is 2.29. The summed E-state index contributed by atoms with van der Waals surface area (Å²) < 4.78 is 2.12. The zero-order chi connectivity index (χ0) is 19.0. The van der Waals surface area contributed by atoms with Crippen molar-refractivity contribution in [2.45, 2.75) is 45.8 Å². The number of aryl methyl sites for hydroxylation is 3. The Bertz CT molecular complexity index is 997. The van der Waals surface area contributed by atoms with Crippen molar-refractivity contribution in [1.29, 1.82) is 0 Å². The van der Waals surface area contributed by atoms with E-state index in [2.05, 4.69) is 52.0 Å². The fourth-order valence-electron chi connectivity index (χ4n) is 4.02. The van der Waals surface area contributed by atoms with Gasteiger partial charge in [0.05, 0.1) is 6.04 Å². The zero-order valence-electron chi connectivity index (χ0n) is 15.7. The van der Waals surface area contributed by atoms with Crippen LogP contribution in [0, 0.1) is 13.8 Å². The van der Waals surface area contributed by atoms with Gasteiger partial charge in [-0.3, -0.25) is 4.79 Å². The summed E-state index contributed by atoms with van der Waals surface area (Å²) in [7, 11) is 0. The molecule has 0 saturated heterocycles. The van der Waals surface area contributed by atoms with E-state index in [1.165, 1.54) is 21.9 Å². The van der Waals surface area contributed by atoms with E-state index in [1.807, 2.05) is 17.9 Å². The van der Waals surface area contributed by atoms with Crippen LogP contribution in [0.1, 0.15) is 29.2 Å². The number of fused-ring (bicyclic) bond motifs is 2. The monoisotopic (exact) mass is 382 g/mol. The van der Waals surface area contributed by atoms with Crippen molar-refractivity contribution in [2.24, 2.45) is 0 Å². The number of hydrogen-bond donors (Lipinski definition) is 0. The molecule has 1 aromatic heterocycles. The number of nitrogens with zero attached hydrogens (tertiary/aromatic N) is 4. The molecule has 27 heavy (non-hydrogen) atoms. The Kier molecular flexibility index (Phi) is 4.87. The molecular formula is C21H23ClN4O. The highest BCUT2D eigenvalue weighted by molar-refractivity contribution is 6.27. The normalized spacial score (nSPS) is 16.3. The van der Waals surface area contributed by atoms with Crippen LogP contribution in [-0.2, 0) is 24.3 Å². The molecular weight excluding hydrogens is 360 g/mol. The van der Waals surface area contributed by atoms with Gasteiger partial charge in [0.25, 0.3) is 0 Å². The van der Waals surface area contributed by atoms with Crippen LogP contribution in [0.4, 0.5) is 0 Å². The molecule has 0 radical (unpaired) electrons. The van der Waals surface area contributed by atoms with Crippen LogP contribution in [0.3, 0.4) is 0 Å². The number of aromatic nitrogens is 3. The first-order valence-corrected chi connectivity index (χ1v) is 9.83. The minimum absolute atomic E-state index is 0.00283. The van der Waals surface area contributed by atoms with Gasteiger partial charge in [-0.25, -0.2) is 0 Å². The highest BCUT2D eigenvalue weighted by atomic mass is 35.5. The molecule has 2 aromatic carbocycles. The van der Waals surface area contributed by atoms with Gasteiger partial charge in [0.2, 0.25) is 5.91 Å². The smallest absolute Gasteiger partial charge is 0.238 e. The molecule has 1 aliphatic rings. The van der Waals surface area contributed by atoms with E-state index < -0.39 is 0 Å². The van der Waals surface area contributed by atoms with Crippen molar-refractivity contribution < 1.29 is 4.79 Å². The number of halogens is 1. The van der Waals surface area contributed by atoms with Gasteiger partial charge in [0, 0.05) is 19.5 Å².